The van der Waals surface area contributed by atoms with Gasteiger partial charge in [0.15, 0.2) is 12.4 Å². The van der Waals surface area contributed by atoms with E-state index in [1.807, 2.05) is 6.92 Å². The van der Waals surface area contributed by atoms with E-state index in [4.69, 9.17) is 4.74 Å². The van der Waals surface area contributed by atoms with Crippen LogP contribution in [0, 0.1) is 0 Å². The molecule has 0 atom stereocenters. The molecule has 7 heteroatoms. The highest BCUT2D eigenvalue weighted by Crippen LogP contribution is 2.22. The molecule has 0 spiro atoms. The van der Waals surface area contributed by atoms with Gasteiger partial charge in [0.25, 0.3) is 0 Å². The highest BCUT2D eigenvalue weighted by atomic mass is 16.5. The molecule has 1 aliphatic heterocycles. The summed E-state index contributed by atoms with van der Waals surface area (Å²) in [6.07, 6.45) is 2.56. The highest BCUT2D eigenvalue weighted by molar-refractivity contribution is 6.00. The zero-order chi connectivity index (χ0) is 21.5. The molecule has 0 saturated carbocycles. The van der Waals surface area contributed by atoms with E-state index in [9.17, 15) is 19.2 Å². The average molecular weight is 408 g/mol. The highest BCUT2D eigenvalue weighted by Gasteiger charge is 2.22. The minimum absolute atomic E-state index is 0.0758. The lowest BCUT2D eigenvalue weighted by molar-refractivity contribution is -0.117. The summed E-state index contributed by atoms with van der Waals surface area (Å²) < 4.78 is 5.12. The van der Waals surface area contributed by atoms with Gasteiger partial charge in [0.05, 0.1) is 5.56 Å². The predicted octanol–water partition coefficient (Wildman–Crippen LogP) is 3.59. The van der Waals surface area contributed by atoms with Crippen molar-refractivity contribution in [3.8, 4) is 0 Å². The molecule has 30 heavy (non-hydrogen) atoms. The lowest BCUT2D eigenvalue weighted by atomic mass is 10.1. The quantitative estimate of drug-likeness (QED) is 0.532. The average Bonchev–Trinajstić information content (AvgIpc) is 3.18. The topological polar surface area (TPSA) is 92.8 Å². The smallest absolute Gasteiger partial charge is 0.338 e. The fraction of sp³-hybridized carbons (Fsp3) is 0.304. The Labute approximate surface area is 175 Å². The van der Waals surface area contributed by atoms with E-state index in [2.05, 4.69) is 5.32 Å². The molecule has 0 aromatic heterocycles. The third-order valence-corrected chi connectivity index (χ3v) is 4.79. The molecule has 1 fully saturated rings. The number of Topliss-reactive ketones (excluding diaryl/α,β-unsaturated/α-hetero) is 1. The number of carbonyl (C=O) groups excluding carboxylic acids is 4. The number of amides is 2. The minimum atomic E-state index is -0.605. The Morgan fingerprint density at radius 2 is 1.67 bits per heavy atom. The second kappa shape index (κ2) is 9.82. The van der Waals surface area contributed by atoms with Crippen LogP contribution >= 0.6 is 0 Å². The van der Waals surface area contributed by atoms with Gasteiger partial charge in [-0.1, -0.05) is 6.92 Å². The summed E-state index contributed by atoms with van der Waals surface area (Å²) in [5, 5.41) is 2.75. The Bertz CT molecular complexity index is 935. The van der Waals surface area contributed by atoms with Gasteiger partial charge in [-0.25, -0.2) is 4.79 Å². The van der Waals surface area contributed by atoms with E-state index in [1.165, 1.54) is 0 Å². The standard InChI is InChI=1S/C23H24N2O5/c1-2-4-21(27)24-18-10-6-16(7-11-18)20(26)15-30-23(29)17-8-12-19(13-9-17)25-14-3-5-22(25)28/h6-13H,2-5,14-15H2,1H3,(H,24,27). The number of anilines is 2. The Balaban J connectivity index is 1.52. The van der Waals surface area contributed by atoms with Crippen LogP contribution in [0.3, 0.4) is 0 Å². The first-order chi connectivity index (χ1) is 14.5. The molecule has 3 rings (SSSR count). The Hall–Kier alpha value is -3.48. The SMILES string of the molecule is CCCC(=O)Nc1ccc(C(=O)COC(=O)c2ccc(N3CCCC3=O)cc2)cc1. The van der Waals surface area contributed by atoms with Crippen LogP contribution in [-0.2, 0) is 14.3 Å². The first-order valence-electron chi connectivity index (χ1n) is 9.98. The Kier molecular flexibility index (Phi) is 6.95. The molecule has 1 aliphatic rings. The lowest BCUT2D eigenvalue weighted by Crippen LogP contribution is -2.23. The van der Waals surface area contributed by atoms with Crippen LogP contribution in [0.15, 0.2) is 48.5 Å². The second-order valence-electron chi connectivity index (χ2n) is 7.07. The van der Waals surface area contributed by atoms with Gasteiger partial charge in [0.1, 0.15) is 0 Å². The van der Waals surface area contributed by atoms with E-state index in [0.29, 0.717) is 36.2 Å². The van der Waals surface area contributed by atoms with Gasteiger partial charge in [-0.05, 0) is 61.4 Å². The number of ketones is 1. The van der Waals surface area contributed by atoms with Crippen LogP contribution in [-0.4, -0.2) is 36.7 Å². The van der Waals surface area contributed by atoms with Crippen molar-refractivity contribution in [2.24, 2.45) is 0 Å². The maximum absolute atomic E-state index is 12.3. The number of rotatable bonds is 8. The fourth-order valence-corrected chi connectivity index (χ4v) is 3.19. The third kappa shape index (κ3) is 5.31. The fourth-order valence-electron chi connectivity index (χ4n) is 3.19. The predicted molar refractivity (Wildman–Crippen MR) is 113 cm³/mol. The molecule has 2 amide bonds. The zero-order valence-electron chi connectivity index (χ0n) is 16.8. The third-order valence-electron chi connectivity index (χ3n) is 4.79. The lowest BCUT2D eigenvalue weighted by Gasteiger charge is -2.15. The van der Waals surface area contributed by atoms with Gasteiger partial charge in [0.2, 0.25) is 11.8 Å². The van der Waals surface area contributed by atoms with E-state index >= 15 is 0 Å². The van der Waals surface area contributed by atoms with Gasteiger partial charge in [-0.3, -0.25) is 14.4 Å². The van der Waals surface area contributed by atoms with Crippen LogP contribution in [0.2, 0.25) is 0 Å². The van der Waals surface area contributed by atoms with Crippen LogP contribution in [0.1, 0.15) is 53.3 Å². The molecule has 0 unspecified atom stereocenters. The summed E-state index contributed by atoms with van der Waals surface area (Å²) in [7, 11) is 0. The number of nitrogens with one attached hydrogen (secondary N) is 1. The minimum Gasteiger partial charge on any atom is -0.454 e. The van der Waals surface area contributed by atoms with Crippen molar-refractivity contribution in [2.45, 2.75) is 32.6 Å². The van der Waals surface area contributed by atoms with Crippen molar-refractivity contribution in [3.63, 3.8) is 0 Å². The van der Waals surface area contributed by atoms with E-state index in [1.54, 1.807) is 53.4 Å². The van der Waals surface area contributed by atoms with Gasteiger partial charge in [0, 0.05) is 36.3 Å². The molecule has 2 aromatic rings. The van der Waals surface area contributed by atoms with Crippen molar-refractivity contribution in [1.29, 1.82) is 0 Å². The number of benzene rings is 2. The maximum Gasteiger partial charge on any atom is 0.338 e. The number of esters is 1. The first kappa shape index (κ1) is 21.2. The summed E-state index contributed by atoms with van der Waals surface area (Å²) >= 11 is 0. The van der Waals surface area contributed by atoms with E-state index < -0.39 is 5.97 Å². The molecule has 156 valence electrons. The molecular weight excluding hydrogens is 384 g/mol. The summed E-state index contributed by atoms with van der Waals surface area (Å²) in [5.41, 5.74) is 2.06. The maximum atomic E-state index is 12.3. The number of hydrogen-bond donors (Lipinski definition) is 1. The van der Waals surface area contributed by atoms with Crippen molar-refractivity contribution in [3.05, 3.63) is 59.7 Å². The molecule has 7 nitrogen and oxygen atoms in total. The van der Waals surface area contributed by atoms with Crippen molar-refractivity contribution in [2.75, 3.05) is 23.4 Å². The molecular formula is C23H24N2O5. The van der Waals surface area contributed by atoms with Crippen molar-refractivity contribution >= 4 is 34.9 Å². The van der Waals surface area contributed by atoms with Gasteiger partial charge >= 0.3 is 5.97 Å². The van der Waals surface area contributed by atoms with E-state index in [-0.39, 0.29) is 24.2 Å². The molecule has 1 saturated heterocycles. The van der Waals surface area contributed by atoms with Crippen LogP contribution < -0.4 is 10.2 Å². The molecule has 2 aromatic carbocycles. The van der Waals surface area contributed by atoms with Gasteiger partial charge in [-0.2, -0.15) is 0 Å². The van der Waals surface area contributed by atoms with Crippen molar-refractivity contribution in [1.82, 2.24) is 0 Å². The van der Waals surface area contributed by atoms with Crippen LogP contribution in [0.5, 0.6) is 0 Å². The molecule has 0 radical (unpaired) electrons. The Morgan fingerprint density at radius 1 is 1.00 bits per heavy atom. The Morgan fingerprint density at radius 3 is 2.27 bits per heavy atom. The molecule has 0 aliphatic carbocycles. The molecule has 1 heterocycles. The molecule has 1 N–H and O–H groups in total. The monoisotopic (exact) mass is 408 g/mol. The normalized spacial score (nSPS) is 13.2. The summed E-state index contributed by atoms with van der Waals surface area (Å²) in [6, 6.07) is 13.0. The number of hydrogen-bond acceptors (Lipinski definition) is 5. The first-order valence-corrected chi connectivity index (χ1v) is 9.98. The van der Waals surface area contributed by atoms with Crippen molar-refractivity contribution < 1.29 is 23.9 Å². The zero-order valence-corrected chi connectivity index (χ0v) is 16.8. The number of ether oxygens (including phenoxy) is 1. The van der Waals surface area contributed by atoms with Gasteiger partial charge < -0.3 is 15.0 Å². The van der Waals surface area contributed by atoms with E-state index in [0.717, 1.165) is 18.5 Å². The largest absolute Gasteiger partial charge is 0.454 e. The summed E-state index contributed by atoms with van der Waals surface area (Å²) in [4.78, 5) is 49.6. The number of nitrogens with zero attached hydrogens (tertiary/aromatic N) is 1. The summed E-state index contributed by atoms with van der Waals surface area (Å²) in [6.45, 7) is 2.22. The van der Waals surface area contributed by atoms with Crippen LogP contribution in [0.25, 0.3) is 0 Å². The van der Waals surface area contributed by atoms with Gasteiger partial charge in [-0.15, -0.1) is 0 Å². The van der Waals surface area contributed by atoms with Crippen LogP contribution in [0.4, 0.5) is 11.4 Å². The second-order valence-corrected chi connectivity index (χ2v) is 7.07. The number of carbonyl (C=O) groups is 4. The molecule has 0 bridgehead atoms. The summed E-state index contributed by atoms with van der Waals surface area (Å²) in [5.74, 6) is -0.947.